The van der Waals surface area contributed by atoms with Crippen LogP contribution in [0.2, 0.25) is 0 Å². The van der Waals surface area contributed by atoms with E-state index in [0.29, 0.717) is 49.5 Å². The van der Waals surface area contributed by atoms with Gasteiger partial charge in [-0.1, -0.05) is 54.6 Å². The van der Waals surface area contributed by atoms with Gasteiger partial charge in [0.25, 0.3) is 0 Å². The maximum absolute atomic E-state index is 13.9. The Morgan fingerprint density at radius 3 is 1.93 bits per heavy atom. The minimum atomic E-state index is -3.94. The number of hydrogen-bond acceptors (Lipinski definition) is 7. The molecule has 11 heteroatoms. The highest BCUT2D eigenvalue weighted by Crippen LogP contribution is 2.35. The molecule has 0 atom stereocenters. The summed E-state index contributed by atoms with van der Waals surface area (Å²) in [5.41, 5.74) is 2.61. The second-order valence-electron chi connectivity index (χ2n) is 10.7. The summed E-state index contributed by atoms with van der Waals surface area (Å²) in [7, 11) is -7.77. The Balaban J connectivity index is 1.43. The molecule has 2 aliphatic heterocycles. The average molecular weight is 612 g/mol. The molecule has 0 bridgehead atoms. The molecule has 0 aromatic heterocycles. The van der Waals surface area contributed by atoms with E-state index in [0.717, 1.165) is 11.1 Å². The SMILES string of the molecule is C=C1CN(S(=O)(=O)c2ccc(C)cc2)CCCN(Cc2ccccc2)CCCN(S(=O)(=O)c2ccc3c(c2)OCO3)C1. The van der Waals surface area contributed by atoms with Gasteiger partial charge in [-0.3, -0.25) is 4.90 Å². The largest absolute Gasteiger partial charge is 0.454 e. The fraction of sp³-hybridized carbons (Fsp3) is 0.355. The molecule has 0 amide bonds. The Hall–Kier alpha value is -3.22. The zero-order valence-corrected chi connectivity index (χ0v) is 25.4. The first kappa shape index (κ1) is 30.2. The summed E-state index contributed by atoms with van der Waals surface area (Å²) in [6.07, 6.45) is 1.24. The first-order chi connectivity index (χ1) is 20.1. The molecule has 0 N–H and O–H groups in total. The molecular formula is C31H37N3O6S2. The van der Waals surface area contributed by atoms with Gasteiger partial charge in [0.1, 0.15) is 0 Å². The van der Waals surface area contributed by atoms with E-state index < -0.39 is 20.0 Å². The molecule has 0 aliphatic carbocycles. The topological polar surface area (TPSA) is 96.5 Å². The van der Waals surface area contributed by atoms with Crippen molar-refractivity contribution in [2.75, 3.05) is 46.1 Å². The maximum Gasteiger partial charge on any atom is 0.243 e. The molecule has 0 saturated carbocycles. The Labute approximate surface area is 249 Å². The van der Waals surface area contributed by atoms with Gasteiger partial charge in [-0.05, 0) is 68.3 Å². The maximum atomic E-state index is 13.9. The van der Waals surface area contributed by atoms with E-state index in [2.05, 4.69) is 23.6 Å². The van der Waals surface area contributed by atoms with Gasteiger partial charge >= 0.3 is 0 Å². The highest BCUT2D eigenvalue weighted by Gasteiger charge is 2.30. The molecule has 2 heterocycles. The third kappa shape index (κ3) is 7.04. The van der Waals surface area contributed by atoms with Gasteiger partial charge in [0.2, 0.25) is 26.8 Å². The molecule has 42 heavy (non-hydrogen) atoms. The smallest absolute Gasteiger partial charge is 0.243 e. The van der Waals surface area contributed by atoms with Crippen LogP contribution in [0.25, 0.3) is 0 Å². The molecular weight excluding hydrogens is 574 g/mol. The molecule has 0 spiro atoms. The van der Waals surface area contributed by atoms with E-state index >= 15 is 0 Å². The van der Waals surface area contributed by atoms with Crippen molar-refractivity contribution in [3.63, 3.8) is 0 Å². The fourth-order valence-corrected chi connectivity index (χ4v) is 8.23. The first-order valence-corrected chi connectivity index (χ1v) is 16.9. The van der Waals surface area contributed by atoms with Gasteiger partial charge in [-0.15, -0.1) is 0 Å². The van der Waals surface area contributed by atoms with Gasteiger partial charge in [0.15, 0.2) is 11.5 Å². The van der Waals surface area contributed by atoms with E-state index in [1.807, 2.05) is 25.1 Å². The van der Waals surface area contributed by atoms with Crippen LogP contribution in [-0.4, -0.2) is 76.4 Å². The molecule has 224 valence electrons. The fourth-order valence-electron chi connectivity index (χ4n) is 5.22. The van der Waals surface area contributed by atoms with Crippen LogP contribution >= 0.6 is 0 Å². The summed E-state index contributed by atoms with van der Waals surface area (Å²) in [5, 5.41) is 0. The molecule has 0 unspecified atom stereocenters. The lowest BCUT2D eigenvalue weighted by atomic mass is 10.2. The normalized spacial score (nSPS) is 18.4. The summed E-state index contributed by atoms with van der Waals surface area (Å²) in [6.45, 7) is 8.64. The number of benzene rings is 3. The standard InChI is InChI=1S/C31H37N3O6S2/c1-25-10-12-28(13-11-25)41(35,36)33-18-6-16-32(23-27-8-4-3-5-9-27)17-7-19-34(22-26(2)21-33)42(37,38)29-14-15-30-31(20-29)40-24-39-30/h3-5,8-15,20H,2,6-7,16-19,21-24H2,1H3. The Morgan fingerprint density at radius 1 is 0.714 bits per heavy atom. The monoisotopic (exact) mass is 611 g/mol. The van der Waals surface area contributed by atoms with Gasteiger partial charge in [-0.2, -0.15) is 8.61 Å². The molecule has 3 aromatic rings. The molecule has 0 radical (unpaired) electrons. The van der Waals surface area contributed by atoms with Gasteiger partial charge in [-0.25, -0.2) is 16.8 Å². The zero-order chi connectivity index (χ0) is 29.7. The molecule has 2 aliphatic rings. The number of fused-ring (bicyclic) bond motifs is 1. The summed E-state index contributed by atoms with van der Waals surface area (Å²) in [6, 6.07) is 21.4. The van der Waals surface area contributed by atoms with Crippen molar-refractivity contribution < 1.29 is 26.3 Å². The van der Waals surface area contributed by atoms with E-state index in [4.69, 9.17) is 9.47 Å². The second kappa shape index (κ2) is 13.0. The lowest BCUT2D eigenvalue weighted by Gasteiger charge is -2.30. The highest BCUT2D eigenvalue weighted by atomic mass is 32.2. The van der Waals surface area contributed by atoms with E-state index in [1.165, 1.54) is 20.7 Å². The van der Waals surface area contributed by atoms with Crippen LogP contribution in [0.3, 0.4) is 0 Å². The predicted molar refractivity (Wildman–Crippen MR) is 161 cm³/mol. The zero-order valence-electron chi connectivity index (χ0n) is 23.8. The number of ether oxygens (including phenoxy) is 2. The Bertz CT molecular complexity index is 1610. The van der Waals surface area contributed by atoms with Crippen LogP contribution in [-0.2, 0) is 26.6 Å². The summed E-state index contributed by atoms with van der Waals surface area (Å²) < 4.78 is 68.9. The van der Waals surface area contributed by atoms with E-state index in [9.17, 15) is 16.8 Å². The van der Waals surface area contributed by atoms with Gasteiger partial charge in [0.05, 0.1) is 9.79 Å². The third-order valence-corrected chi connectivity index (χ3v) is 11.2. The van der Waals surface area contributed by atoms with Crippen LogP contribution in [0, 0.1) is 6.92 Å². The quantitative estimate of drug-likeness (QED) is 0.385. The highest BCUT2D eigenvalue weighted by molar-refractivity contribution is 7.89. The van der Waals surface area contributed by atoms with Crippen LogP contribution < -0.4 is 9.47 Å². The van der Waals surface area contributed by atoms with Crippen LogP contribution in [0.15, 0.2) is 94.7 Å². The Morgan fingerprint density at radius 2 is 1.29 bits per heavy atom. The molecule has 1 saturated heterocycles. The molecule has 3 aromatic carbocycles. The number of hydrogen-bond donors (Lipinski definition) is 0. The minimum absolute atomic E-state index is 0.00458. The van der Waals surface area contributed by atoms with Gasteiger partial charge < -0.3 is 9.47 Å². The van der Waals surface area contributed by atoms with Crippen LogP contribution in [0.4, 0.5) is 0 Å². The average Bonchev–Trinajstić information content (AvgIpc) is 3.44. The first-order valence-electron chi connectivity index (χ1n) is 14.0. The minimum Gasteiger partial charge on any atom is -0.454 e. The molecule has 5 rings (SSSR count). The van der Waals surface area contributed by atoms with Crippen molar-refractivity contribution in [1.29, 1.82) is 0 Å². The van der Waals surface area contributed by atoms with Crippen molar-refractivity contribution in [3.8, 4) is 11.5 Å². The number of sulfonamides is 2. The summed E-state index contributed by atoms with van der Waals surface area (Å²) in [4.78, 5) is 2.56. The van der Waals surface area contributed by atoms with Crippen LogP contribution in [0.1, 0.15) is 24.0 Å². The predicted octanol–water partition coefficient (Wildman–Crippen LogP) is 4.26. The van der Waals surface area contributed by atoms with E-state index in [-0.39, 0.29) is 42.8 Å². The summed E-state index contributed by atoms with van der Waals surface area (Å²) >= 11 is 0. The van der Waals surface area contributed by atoms with E-state index in [1.54, 1.807) is 30.3 Å². The summed E-state index contributed by atoms with van der Waals surface area (Å²) in [5.74, 6) is 0.884. The van der Waals surface area contributed by atoms with Crippen molar-refractivity contribution in [2.45, 2.75) is 36.1 Å². The molecule has 9 nitrogen and oxygen atoms in total. The lowest BCUT2D eigenvalue weighted by molar-refractivity contribution is 0.174. The van der Waals surface area contributed by atoms with Crippen molar-refractivity contribution in [1.82, 2.24) is 13.5 Å². The number of nitrogens with zero attached hydrogens (tertiary/aromatic N) is 3. The van der Waals surface area contributed by atoms with Crippen molar-refractivity contribution in [2.24, 2.45) is 0 Å². The number of rotatable bonds is 6. The second-order valence-corrected chi connectivity index (χ2v) is 14.6. The van der Waals surface area contributed by atoms with Gasteiger partial charge in [0, 0.05) is 38.8 Å². The number of aryl methyl sites for hydroxylation is 1. The third-order valence-electron chi connectivity index (χ3n) is 7.45. The lowest BCUT2D eigenvalue weighted by Crippen LogP contribution is -2.41. The Kier molecular flexibility index (Phi) is 9.34. The van der Waals surface area contributed by atoms with Crippen LogP contribution in [0.5, 0.6) is 11.5 Å². The molecule has 1 fully saturated rings. The van der Waals surface area contributed by atoms with Crippen molar-refractivity contribution >= 4 is 20.0 Å². The van der Waals surface area contributed by atoms with Crippen molar-refractivity contribution in [3.05, 3.63) is 96.1 Å².